The summed E-state index contributed by atoms with van der Waals surface area (Å²) in [5.41, 5.74) is 0. The van der Waals surface area contributed by atoms with Gasteiger partial charge in [-0.2, -0.15) is 0 Å². The zero-order valence-corrected chi connectivity index (χ0v) is 9.75. The van der Waals surface area contributed by atoms with E-state index in [2.05, 4.69) is 18.7 Å². The van der Waals surface area contributed by atoms with Gasteiger partial charge in [0, 0.05) is 18.5 Å². The lowest BCUT2D eigenvalue weighted by atomic mass is 10.1. The highest BCUT2D eigenvalue weighted by atomic mass is 16.1. The summed E-state index contributed by atoms with van der Waals surface area (Å²) in [6.45, 7) is 7.43. The van der Waals surface area contributed by atoms with Gasteiger partial charge in [0.25, 0.3) is 0 Å². The second-order valence-corrected chi connectivity index (χ2v) is 4.58. The number of rotatable bonds is 5. The third-order valence-electron chi connectivity index (χ3n) is 3.22. The molecule has 2 nitrogen and oxygen atoms in total. The number of Topliss-reactive ketones (excluding diaryl/α,β-unsaturated/α-hetero) is 1. The first-order chi connectivity index (χ1) is 6.65. The normalized spacial score (nSPS) is 25.2. The molecule has 1 fully saturated rings. The molecule has 1 aliphatic rings. The minimum absolute atomic E-state index is 0.339. The van der Waals surface area contributed by atoms with Crippen LogP contribution in [0.5, 0.6) is 0 Å². The summed E-state index contributed by atoms with van der Waals surface area (Å²) in [5.74, 6) is 0.339. The molecule has 0 aromatic heterocycles. The maximum Gasteiger partial charge on any atom is 0.131 e. The van der Waals surface area contributed by atoms with E-state index in [1.165, 1.54) is 32.2 Å². The monoisotopic (exact) mass is 197 g/mol. The predicted molar refractivity (Wildman–Crippen MR) is 59.4 cm³/mol. The van der Waals surface area contributed by atoms with Crippen molar-refractivity contribution in [3.63, 3.8) is 0 Å². The minimum Gasteiger partial charge on any atom is -0.300 e. The number of likely N-dealkylation sites (tertiary alicyclic amines) is 1. The van der Waals surface area contributed by atoms with Crippen LogP contribution in [0.4, 0.5) is 0 Å². The summed E-state index contributed by atoms with van der Waals surface area (Å²) in [6.07, 6.45) is 5.74. The first-order valence-electron chi connectivity index (χ1n) is 5.90. The lowest BCUT2D eigenvalue weighted by Crippen LogP contribution is -2.38. The van der Waals surface area contributed by atoms with Gasteiger partial charge in [0.1, 0.15) is 5.78 Å². The van der Waals surface area contributed by atoms with Crippen molar-refractivity contribution in [2.24, 2.45) is 0 Å². The number of nitrogens with zero attached hydrogens (tertiary/aromatic N) is 1. The average molecular weight is 197 g/mol. The van der Waals surface area contributed by atoms with Crippen LogP contribution < -0.4 is 0 Å². The Morgan fingerprint density at radius 2 is 2.29 bits per heavy atom. The molecule has 1 saturated heterocycles. The summed E-state index contributed by atoms with van der Waals surface area (Å²) in [6, 6.07) is 1.20. The first kappa shape index (κ1) is 11.7. The minimum atomic E-state index is 0.339. The molecule has 0 amide bonds. The lowest BCUT2D eigenvalue weighted by Gasteiger charge is -2.30. The molecular formula is C12H23NO. The molecular weight excluding hydrogens is 174 g/mol. The molecule has 2 unspecified atom stereocenters. The van der Waals surface area contributed by atoms with E-state index in [9.17, 15) is 4.79 Å². The van der Waals surface area contributed by atoms with E-state index in [0.717, 1.165) is 6.42 Å². The summed E-state index contributed by atoms with van der Waals surface area (Å²) >= 11 is 0. The number of hydrogen-bond acceptors (Lipinski definition) is 2. The van der Waals surface area contributed by atoms with Crippen LogP contribution in [0.25, 0.3) is 0 Å². The molecule has 0 saturated carbocycles. The number of carbonyl (C=O) groups is 1. The molecule has 0 aliphatic carbocycles. The molecule has 0 radical (unpaired) electrons. The molecule has 2 atom stereocenters. The van der Waals surface area contributed by atoms with Crippen molar-refractivity contribution in [3.8, 4) is 0 Å². The summed E-state index contributed by atoms with van der Waals surface area (Å²) in [5, 5.41) is 0. The third-order valence-corrected chi connectivity index (χ3v) is 3.22. The second-order valence-electron chi connectivity index (χ2n) is 4.58. The van der Waals surface area contributed by atoms with E-state index in [0.29, 0.717) is 17.9 Å². The van der Waals surface area contributed by atoms with Gasteiger partial charge in [-0.1, -0.05) is 13.3 Å². The Morgan fingerprint density at radius 1 is 1.57 bits per heavy atom. The van der Waals surface area contributed by atoms with Crippen LogP contribution in [-0.2, 0) is 4.79 Å². The van der Waals surface area contributed by atoms with E-state index in [1.807, 2.05) is 0 Å². The zero-order valence-electron chi connectivity index (χ0n) is 9.75. The standard InChI is InChI=1S/C12H23NO/c1-4-6-10(2)13-8-5-7-12(13)9-11(3)14/h10,12H,4-9H2,1-3H3. The topological polar surface area (TPSA) is 20.3 Å². The predicted octanol–water partition coefficient (Wildman–Crippen LogP) is 2.62. The molecule has 1 aliphatic heterocycles. The van der Waals surface area contributed by atoms with Crippen LogP contribution in [0, 0.1) is 0 Å². The fourth-order valence-corrected chi connectivity index (χ4v) is 2.57. The van der Waals surface area contributed by atoms with E-state index >= 15 is 0 Å². The molecule has 0 aromatic carbocycles. The smallest absolute Gasteiger partial charge is 0.131 e. The Kier molecular flexibility index (Phi) is 4.59. The molecule has 1 heterocycles. The SMILES string of the molecule is CCCC(C)N1CCCC1CC(C)=O. The quantitative estimate of drug-likeness (QED) is 0.675. The Hall–Kier alpha value is -0.370. The van der Waals surface area contributed by atoms with Crippen LogP contribution in [0.15, 0.2) is 0 Å². The van der Waals surface area contributed by atoms with Gasteiger partial charge in [-0.25, -0.2) is 0 Å². The largest absolute Gasteiger partial charge is 0.300 e. The molecule has 2 heteroatoms. The highest BCUT2D eigenvalue weighted by molar-refractivity contribution is 5.76. The highest BCUT2D eigenvalue weighted by Crippen LogP contribution is 2.24. The Balaban J connectivity index is 2.45. The van der Waals surface area contributed by atoms with Crippen molar-refractivity contribution in [3.05, 3.63) is 0 Å². The maximum absolute atomic E-state index is 11.1. The van der Waals surface area contributed by atoms with Crippen LogP contribution >= 0.6 is 0 Å². The van der Waals surface area contributed by atoms with Crippen LogP contribution in [0.1, 0.15) is 52.9 Å². The molecule has 0 bridgehead atoms. The van der Waals surface area contributed by atoms with Crippen LogP contribution in [-0.4, -0.2) is 29.3 Å². The van der Waals surface area contributed by atoms with Crippen LogP contribution in [0.2, 0.25) is 0 Å². The number of ketones is 1. The molecule has 0 aromatic rings. The van der Waals surface area contributed by atoms with Gasteiger partial charge in [-0.15, -0.1) is 0 Å². The van der Waals surface area contributed by atoms with Gasteiger partial charge in [0.2, 0.25) is 0 Å². The Bertz CT molecular complexity index is 191. The Labute approximate surface area is 87.7 Å². The van der Waals surface area contributed by atoms with Gasteiger partial charge in [-0.3, -0.25) is 9.69 Å². The number of carbonyl (C=O) groups excluding carboxylic acids is 1. The fourth-order valence-electron chi connectivity index (χ4n) is 2.57. The van der Waals surface area contributed by atoms with Gasteiger partial charge in [-0.05, 0) is 39.7 Å². The molecule has 14 heavy (non-hydrogen) atoms. The van der Waals surface area contributed by atoms with E-state index in [4.69, 9.17) is 0 Å². The van der Waals surface area contributed by atoms with Crippen molar-refractivity contribution in [2.75, 3.05) is 6.54 Å². The van der Waals surface area contributed by atoms with Crippen molar-refractivity contribution >= 4 is 5.78 Å². The molecule has 1 rings (SSSR count). The second kappa shape index (κ2) is 5.50. The summed E-state index contributed by atoms with van der Waals surface area (Å²) in [4.78, 5) is 13.6. The van der Waals surface area contributed by atoms with Crippen molar-refractivity contribution in [1.82, 2.24) is 4.90 Å². The van der Waals surface area contributed by atoms with Crippen molar-refractivity contribution < 1.29 is 4.79 Å². The number of hydrogen-bond donors (Lipinski definition) is 0. The summed E-state index contributed by atoms with van der Waals surface area (Å²) < 4.78 is 0. The van der Waals surface area contributed by atoms with Gasteiger partial charge < -0.3 is 0 Å². The first-order valence-corrected chi connectivity index (χ1v) is 5.90. The molecule has 0 N–H and O–H groups in total. The third kappa shape index (κ3) is 3.09. The van der Waals surface area contributed by atoms with Crippen LogP contribution in [0.3, 0.4) is 0 Å². The van der Waals surface area contributed by atoms with Gasteiger partial charge in [0.05, 0.1) is 0 Å². The fraction of sp³-hybridized carbons (Fsp3) is 0.917. The maximum atomic E-state index is 11.1. The molecule has 82 valence electrons. The van der Waals surface area contributed by atoms with E-state index in [1.54, 1.807) is 6.92 Å². The van der Waals surface area contributed by atoms with Crippen molar-refractivity contribution in [2.45, 2.75) is 65.0 Å². The average Bonchev–Trinajstić information content (AvgIpc) is 2.51. The van der Waals surface area contributed by atoms with E-state index < -0.39 is 0 Å². The summed E-state index contributed by atoms with van der Waals surface area (Å²) in [7, 11) is 0. The van der Waals surface area contributed by atoms with E-state index in [-0.39, 0.29) is 0 Å². The molecule has 0 spiro atoms. The zero-order chi connectivity index (χ0) is 10.6. The van der Waals surface area contributed by atoms with Gasteiger partial charge in [0.15, 0.2) is 0 Å². The van der Waals surface area contributed by atoms with Gasteiger partial charge >= 0.3 is 0 Å². The Morgan fingerprint density at radius 3 is 2.86 bits per heavy atom. The highest BCUT2D eigenvalue weighted by Gasteiger charge is 2.28. The van der Waals surface area contributed by atoms with Crippen molar-refractivity contribution in [1.29, 1.82) is 0 Å². The lowest BCUT2D eigenvalue weighted by molar-refractivity contribution is -0.118.